The van der Waals surface area contributed by atoms with Crippen molar-refractivity contribution >= 4 is 29.2 Å². The molecule has 1 fully saturated rings. The topological polar surface area (TPSA) is 176 Å². The number of ether oxygens (including phenoxy) is 2. The molecule has 242 valence electrons. The van der Waals surface area contributed by atoms with Crippen LogP contribution in [0.4, 0.5) is 4.79 Å². The van der Waals surface area contributed by atoms with Crippen LogP contribution >= 0.6 is 11.3 Å². The number of pyridine rings is 1. The Balaban J connectivity index is 1.47. The number of likely N-dealkylation sites (tertiary alicyclic amines) is 1. The Bertz CT molecular complexity index is 1720. The molecule has 14 heteroatoms. The van der Waals surface area contributed by atoms with Gasteiger partial charge in [-0.05, 0) is 58.2 Å². The number of nitrogens with one attached hydrogen (secondary N) is 1. The maximum atomic E-state index is 13.9. The van der Waals surface area contributed by atoms with E-state index in [4.69, 9.17) is 19.6 Å². The van der Waals surface area contributed by atoms with Gasteiger partial charge in [-0.3, -0.25) is 9.59 Å². The van der Waals surface area contributed by atoms with Gasteiger partial charge in [-0.15, -0.1) is 21.5 Å². The number of rotatable bonds is 10. The molecule has 2 atom stereocenters. The van der Waals surface area contributed by atoms with Gasteiger partial charge in [0.25, 0.3) is 17.7 Å². The highest BCUT2D eigenvalue weighted by Gasteiger charge is 2.37. The third-order valence-electron chi connectivity index (χ3n) is 7.28. The molecule has 3 N–H and O–H groups in total. The molecule has 3 amide bonds. The van der Waals surface area contributed by atoms with E-state index in [0.29, 0.717) is 19.6 Å². The maximum Gasteiger partial charge on any atom is 0.408 e. The van der Waals surface area contributed by atoms with Crippen molar-refractivity contribution in [3.63, 3.8) is 0 Å². The van der Waals surface area contributed by atoms with Crippen LogP contribution in [0.2, 0.25) is 0 Å². The zero-order valence-corrected chi connectivity index (χ0v) is 27.2. The highest BCUT2D eigenvalue weighted by Crippen LogP contribution is 2.36. The molecule has 1 saturated heterocycles. The summed E-state index contributed by atoms with van der Waals surface area (Å²) in [5.41, 5.74) is 5.55. The van der Waals surface area contributed by atoms with Crippen molar-refractivity contribution in [1.82, 2.24) is 30.4 Å². The van der Waals surface area contributed by atoms with E-state index in [2.05, 4.69) is 25.5 Å². The third kappa shape index (κ3) is 7.57. The van der Waals surface area contributed by atoms with E-state index in [0.717, 1.165) is 29.1 Å². The van der Waals surface area contributed by atoms with Crippen molar-refractivity contribution in [3.05, 3.63) is 81.3 Å². The van der Waals surface area contributed by atoms with Gasteiger partial charge in [0.15, 0.2) is 0 Å². The number of alkyl carbamates (subject to hydrolysis) is 1. The van der Waals surface area contributed by atoms with Gasteiger partial charge >= 0.3 is 6.09 Å². The van der Waals surface area contributed by atoms with Gasteiger partial charge in [-0.2, -0.15) is 0 Å². The Hall–Kier alpha value is -4.69. The van der Waals surface area contributed by atoms with Gasteiger partial charge in [0.1, 0.15) is 27.5 Å². The fourth-order valence-electron chi connectivity index (χ4n) is 5.27. The zero-order chi connectivity index (χ0) is 33.1. The lowest BCUT2D eigenvalue weighted by Gasteiger charge is -2.29. The van der Waals surface area contributed by atoms with Gasteiger partial charge in [-0.1, -0.05) is 30.3 Å². The smallest absolute Gasteiger partial charge is 0.408 e. The molecule has 0 saturated carbocycles. The van der Waals surface area contributed by atoms with E-state index in [1.54, 1.807) is 39.7 Å². The molecule has 4 heterocycles. The number of hydrogen-bond acceptors (Lipinski definition) is 11. The summed E-state index contributed by atoms with van der Waals surface area (Å²) in [6.45, 7) is 7.95. The second-order valence-electron chi connectivity index (χ2n) is 12.3. The van der Waals surface area contributed by atoms with E-state index in [-0.39, 0.29) is 40.7 Å². The fourth-order valence-corrected chi connectivity index (χ4v) is 6.22. The third-order valence-corrected chi connectivity index (χ3v) is 8.27. The second kappa shape index (κ2) is 13.3. The van der Waals surface area contributed by atoms with Crippen LogP contribution in [0.3, 0.4) is 0 Å². The zero-order valence-electron chi connectivity index (χ0n) is 26.4. The SMILES string of the molecule is COCc1csc(C2CCCN2C(=O)c2cc(C(N)=O)nc(-c3nnc(C(C)(Cc4ccccc4)NC(=O)OC(C)(C)C)o3)c2)n1. The first-order valence-electron chi connectivity index (χ1n) is 14.8. The quantitative estimate of drug-likeness (QED) is 0.243. The standard InChI is InChI=1S/C32H37N7O6S/c1-31(2,3)45-30(42)36-32(4,16-19-10-7-6-8-11-19)29-38-37-26(44-29)23-15-20(14-22(35-23)25(33)40)28(41)39-13-9-12-24(39)27-34-21(17-43-5)18-46-27/h6-8,10-11,14-15,18,24H,9,12-13,16-17H2,1-5H3,(H2,33,40)(H,36,42). The number of nitrogens with two attached hydrogens (primary N) is 1. The maximum absolute atomic E-state index is 13.9. The second-order valence-corrected chi connectivity index (χ2v) is 13.2. The highest BCUT2D eigenvalue weighted by molar-refractivity contribution is 7.09. The van der Waals surface area contributed by atoms with E-state index in [9.17, 15) is 14.4 Å². The number of thiazole rings is 1. The van der Waals surface area contributed by atoms with Crippen molar-refractivity contribution in [2.45, 2.75) is 70.7 Å². The molecule has 13 nitrogen and oxygen atoms in total. The van der Waals surface area contributed by atoms with Crippen LogP contribution in [0.1, 0.15) is 89.6 Å². The minimum absolute atomic E-state index is 0.0560. The number of carbonyl (C=O) groups is 3. The largest absolute Gasteiger partial charge is 0.444 e. The van der Waals surface area contributed by atoms with Crippen LogP contribution in [-0.4, -0.2) is 62.2 Å². The predicted octanol–water partition coefficient (Wildman–Crippen LogP) is 4.79. The number of hydrogen-bond donors (Lipinski definition) is 2. The van der Waals surface area contributed by atoms with Crippen LogP contribution in [0.15, 0.2) is 52.3 Å². The summed E-state index contributed by atoms with van der Waals surface area (Å²) in [6.07, 6.45) is 1.19. The van der Waals surface area contributed by atoms with Crippen LogP contribution in [0.25, 0.3) is 11.6 Å². The molecule has 3 aromatic heterocycles. The Morgan fingerprint density at radius 3 is 2.57 bits per heavy atom. The lowest BCUT2D eigenvalue weighted by Crippen LogP contribution is -2.47. The minimum Gasteiger partial charge on any atom is -0.444 e. The molecule has 0 aliphatic carbocycles. The monoisotopic (exact) mass is 647 g/mol. The minimum atomic E-state index is -1.19. The summed E-state index contributed by atoms with van der Waals surface area (Å²) in [5.74, 6) is -1.11. The Morgan fingerprint density at radius 1 is 1.11 bits per heavy atom. The van der Waals surface area contributed by atoms with E-state index < -0.39 is 23.1 Å². The fraction of sp³-hybridized carbons (Fsp3) is 0.406. The van der Waals surface area contributed by atoms with Crippen molar-refractivity contribution in [3.8, 4) is 11.6 Å². The van der Waals surface area contributed by atoms with Crippen LogP contribution in [0, 0.1) is 0 Å². The number of primary amides is 1. The normalized spacial score (nSPS) is 16.2. The first-order valence-corrected chi connectivity index (χ1v) is 15.7. The molecule has 0 bridgehead atoms. The van der Waals surface area contributed by atoms with Crippen molar-refractivity contribution in [2.75, 3.05) is 13.7 Å². The molecule has 0 radical (unpaired) electrons. The number of nitrogens with zero attached hydrogens (tertiary/aromatic N) is 5. The Labute approximate surface area is 270 Å². The molecule has 0 spiro atoms. The lowest BCUT2D eigenvalue weighted by atomic mass is 9.92. The van der Waals surface area contributed by atoms with Gasteiger partial charge in [-0.25, -0.2) is 14.8 Å². The Morgan fingerprint density at radius 2 is 1.87 bits per heavy atom. The van der Waals surface area contributed by atoms with Crippen molar-refractivity contribution in [1.29, 1.82) is 0 Å². The predicted molar refractivity (Wildman–Crippen MR) is 169 cm³/mol. The first-order chi connectivity index (χ1) is 21.8. The average molecular weight is 648 g/mol. The van der Waals surface area contributed by atoms with Crippen molar-refractivity contribution < 1.29 is 28.3 Å². The lowest BCUT2D eigenvalue weighted by molar-refractivity contribution is 0.0443. The average Bonchev–Trinajstić information content (AvgIpc) is 3.77. The summed E-state index contributed by atoms with van der Waals surface area (Å²) in [6, 6.07) is 12.1. The van der Waals surface area contributed by atoms with Crippen LogP contribution in [0.5, 0.6) is 0 Å². The van der Waals surface area contributed by atoms with Crippen LogP contribution in [-0.2, 0) is 28.0 Å². The van der Waals surface area contributed by atoms with Crippen molar-refractivity contribution in [2.24, 2.45) is 5.73 Å². The number of methoxy groups -OCH3 is 1. The van der Waals surface area contributed by atoms with E-state index >= 15 is 0 Å². The van der Waals surface area contributed by atoms with Gasteiger partial charge in [0.05, 0.1) is 18.3 Å². The summed E-state index contributed by atoms with van der Waals surface area (Å²) < 4.78 is 16.8. The van der Waals surface area contributed by atoms with Gasteiger partial charge < -0.3 is 29.8 Å². The summed E-state index contributed by atoms with van der Waals surface area (Å²) >= 11 is 1.48. The molecule has 1 aliphatic rings. The van der Waals surface area contributed by atoms with Gasteiger partial charge in [0.2, 0.25) is 5.89 Å². The summed E-state index contributed by atoms with van der Waals surface area (Å²) in [5, 5.41) is 14.1. The number of aromatic nitrogens is 4. The summed E-state index contributed by atoms with van der Waals surface area (Å²) in [7, 11) is 1.61. The molecule has 2 unspecified atom stereocenters. The highest BCUT2D eigenvalue weighted by atomic mass is 32.1. The molecule has 4 aromatic rings. The number of carbonyl (C=O) groups excluding carboxylic acids is 3. The molecular formula is C32H37N7O6S. The van der Waals surface area contributed by atoms with Crippen LogP contribution < -0.4 is 11.1 Å². The summed E-state index contributed by atoms with van der Waals surface area (Å²) in [4.78, 5) is 49.8. The molecule has 5 rings (SSSR count). The molecule has 1 aromatic carbocycles. The molecule has 1 aliphatic heterocycles. The number of benzene rings is 1. The molecular weight excluding hydrogens is 610 g/mol. The van der Waals surface area contributed by atoms with Gasteiger partial charge in [0, 0.05) is 31.0 Å². The Kier molecular flexibility index (Phi) is 9.49. The number of amides is 3. The molecule has 46 heavy (non-hydrogen) atoms. The van der Waals surface area contributed by atoms with E-state index in [1.807, 2.05) is 35.7 Å². The first kappa shape index (κ1) is 32.7. The van der Waals surface area contributed by atoms with E-state index in [1.165, 1.54) is 23.5 Å².